The van der Waals surface area contributed by atoms with Crippen LogP contribution in [0.25, 0.3) is 0 Å². The lowest BCUT2D eigenvalue weighted by molar-refractivity contribution is -0.384. The summed E-state index contributed by atoms with van der Waals surface area (Å²) in [5, 5.41) is 14.1. The average molecular weight is 418 g/mol. The highest BCUT2D eigenvalue weighted by Gasteiger charge is 2.22. The quantitative estimate of drug-likeness (QED) is 0.450. The Kier molecular flexibility index (Phi) is 5.79. The predicted molar refractivity (Wildman–Crippen MR) is 118 cm³/mol. The van der Waals surface area contributed by atoms with Gasteiger partial charge in [0.05, 0.1) is 22.4 Å². The number of non-ortho nitro benzene ring substituents is 1. The van der Waals surface area contributed by atoms with Crippen molar-refractivity contribution in [2.75, 3.05) is 23.3 Å². The molecule has 0 aliphatic carbocycles. The molecule has 31 heavy (non-hydrogen) atoms. The second-order valence-corrected chi connectivity index (χ2v) is 7.38. The number of pyridine rings is 1. The molecule has 0 spiro atoms. The van der Waals surface area contributed by atoms with Crippen molar-refractivity contribution in [3.8, 4) is 11.5 Å². The van der Waals surface area contributed by atoms with E-state index < -0.39 is 4.92 Å². The monoisotopic (exact) mass is 418 g/mol. The molecule has 1 saturated heterocycles. The van der Waals surface area contributed by atoms with Crippen LogP contribution in [0.1, 0.15) is 28.8 Å². The van der Waals surface area contributed by atoms with E-state index in [-0.39, 0.29) is 11.6 Å². The van der Waals surface area contributed by atoms with Gasteiger partial charge in [0.1, 0.15) is 11.5 Å². The molecule has 8 nitrogen and oxygen atoms in total. The second-order valence-electron chi connectivity index (χ2n) is 7.38. The number of nitrogens with one attached hydrogen (secondary N) is 1. The zero-order valence-electron chi connectivity index (χ0n) is 17.1. The summed E-state index contributed by atoms with van der Waals surface area (Å²) >= 11 is 0. The standard InChI is InChI=1S/C23H22N4O4/c1-16-13-17(6-9-22(16)31-19-5-4-10-24-15-19)25-23(28)20-14-18(27(29)30)7-8-21(20)26-11-2-3-12-26/h4-10,13-15H,2-3,11-12H2,1H3,(H,25,28). The Hall–Kier alpha value is -3.94. The van der Waals surface area contributed by atoms with Crippen molar-refractivity contribution >= 4 is 23.0 Å². The number of amides is 1. The molecular formula is C23H22N4O4. The van der Waals surface area contributed by atoms with E-state index in [0.717, 1.165) is 31.5 Å². The molecule has 4 rings (SSSR count). The number of ether oxygens (including phenoxy) is 1. The zero-order valence-corrected chi connectivity index (χ0v) is 17.1. The topological polar surface area (TPSA) is 97.6 Å². The Morgan fingerprint density at radius 2 is 1.97 bits per heavy atom. The maximum Gasteiger partial charge on any atom is 0.270 e. The third-order valence-corrected chi connectivity index (χ3v) is 5.18. The number of carbonyl (C=O) groups is 1. The van der Waals surface area contributed by atoms with Gasteiger partial charge >= 0.3 is 0 Å². The van der Waals surface area contributed by atoms with Crippen molar-refractivity contribution in [3.63, 3.8) is 0 Å². The van der Waals surface area contributed by atoms with Crippen molar-refractivity contribution < 1.29 is 14.5 Å². The van der Waals surface area contributed by atoms with Crippen molar-refractivity contribution in [1.82, 2.24) is 4.98 Å². The molecule has 1 aliphatic rings. The maximum absolute atomic E-state index is 13.1. The van der Waals surface area contributed by atoms with Crippen LogP contribution in [-0.2, 0) is 0 Å². The SMILES string of the molecule is Cc1cc(NC(=O)c2cc([N+](=O)[O-])ccc2N2CCCC2)ccc1Oc1cccnc1. The van der Waals surface area contributed by atoms with Gasteiger partial charge in [0, 0.05) is 37.1 Å². The third kappa shape index (κ3) is 4.63. The average Bonchev–Trinajstić information content (AvgIpc) is 3.30. The van der Waals surface area contributed by atoms with E-state index in [0.29, 0.717) is 28.4 Å². The summed E-state index contributed by atoms with van der Waals surface area (Å²) in [5.74, 6) is 0.888. The van der Waals surface area contributed by atoms with E-state index in [9.17, 15) is 14.9 Å². The number of aromatic nitrogens is 1. The summed E-state index contributed by atoms with van der Waals surface area (Å²) in [6, 6.07) is 13.4. The van der Waals surface area contributed by atoms with Gasteiger partial charge in [-0.3, -0.25) is 19.9 Å². The number of hydrogen-bond acceptors (Lipinski definition) is 6. The highest BCUT2D eigenvalue weighted by molar-refractivity contribution is 6.08. The van der Waals surface area contributed by atoms with Gasteiger partial charge in [0.25, 0.3) is 11.6 Å². The van der Waals surface area contributed by atoms with Crippen molar-refractivity contribution in [2.24, 2.45) is 0 Å². The molecule has 1 aliphatic heterocycles. The molecule has 8 heteroatoms. The molecule has 3 aromatic rings. The van der Waals surface area contributed by atoms with E-state index in [1.807, 2.05) is 13.0 Å². The van der Waals surface area contributed by atoms with E-state index in [4.69, 9.17) is 4.74 Å². The van der Waals surface area contributed by atoms with Crippen LogP contribution in [-0.4, -0.2) is 28.9 Å². The highest BCUT2D eigenvalue weighted by Crippen LogP contribution is 2.30. The van der Waals surface area contributed by atoms with Gasteiger partial charge in [-0.05, 0) is 61.7 Å². The minimum absolute atomic E-state index is 0.107. The maximum atomic E-state index is 13.1. The lowest BCUT2D eigenvalue weighted by atomic mass is 10.1. The van der Waals surface area contributed by atoms with Crippen LogP contribution in [0.5, 0.6) is 11.5 Å². The van der Waals surface area contributed by atoms with Crippen LogP contribution in [0.3, 0.4) is 0 Å². The van der Waals surface area contributed by atoms with Crippen LogP contribution in [0.4, 0.5) is 17.1 Å². The Labute approximate surface area is 179 Å². The number of nitro groups is 1. The number of carbonyl (C=O) groups excluding carboxylic acids is 1. The molecule has 1 N–H and O–H groups in total. The van der Waals surface area contributed by atoms with Gasteiger partial charge in [-0.1, -0.05) is 0 Å². The first-order chi connectivity index (χ1) is 15.0. The smallest absolute Gasteiger partial charge is 0.270 e. The van der Waals surface area contributed by atoms with Gasteiger partial charge in [-0.25, -0.2) is 0 Å². The van der Waals surface area contributed by atoms with Crippen LogP contribution < -0.4 is 15.0 Å². The number of nitrogens with zero attached hydrogens (tertiary/aromatic N) is 3. The molecule has 1 aromatic heterocycles. The van der Waals surface area contributed by atoms with Gasteiger partial charge in [0.2, 0.25) is 0 Å². The Morgan fingerprint density at radius 3 is 2.65 bits per heavy atom. The number of rotatable bonds is 6. The Balaban J connectivity index is 1.57. The van der Waals surface area contributed by atoms with E-state index >= 15 is 0 Å². The molecule has 0 bridgehead atoms. The molecular weight excluding hydrogens is 396 g/mol. The molecule has 0 atom stereocenters. The first kappa shape index (κ1) is 20.3. The fourth-order valence-electron chi connectivity index (χ4n) is 3.63. The molecule has 1 amide bonds. The van der Waals surface area contributed by atoms with Gasteiger partial charge in [-0.15, -0.1) is 0 Å². The number of aryl methyl sites for hydroxylation is 1. The zero-order chi connectivity index (χ0) is 21.8. The van der Waals surface area contributed by atoms with Crippen LogP contribution >= 0.6 is 0 Å². The molecule has 0 unspecified atom stereocenters. The summed E-state index contributed by atoms with van der Waals surface area (Å²) in [4.78, 5) is 29.9. The summed E-state index contributed by atoms with van der Waals surface area (Å²) in [6.07, 6.45) is 5.37. The first-order valence-corrected chi connectivity index (χ1v) is 10.0. The van der Waals surface area contributed by atoms with E-state index in [1.54, 1.807) is 42.7 Å². The normalized spacial score (nSPS) is 13.1. The largest absolute Gasteiger partial charge is 0.455 e. The summed E-state index contributed by atoms with van der Waals surface area (Å²) in [7, 11) is 0. The van der Waals surface area contributed by atoms with Crippen LogP contribution in [0, 0.1) is 17.0 Å². The predicted octanol–water partition coefficient (Wildman–Crippen LogP) is 4.94. The van der Waals surface area contributed by atoms with Crippen molar-refractivity contribution in [3.05, 3.63) is 82.2 Å². The summed E-state index contributed by atoms with van der Waals surface area (Å²) < 4.78 is 5.83. The minimum Gasteiger partial charge on any atom is -0.455 e. The van der Waals surface area contributed by atoms with Gasteiger partial charge in [-0.2, -0.15) is 0 Å². The Bertz CT molecular complexity index is 1110. The minimum atomic E-state index is -0.487. The number of anilines is 2. The molecule has 2 heterocycles. The van der Waals surface area contributed by atoms with Crippen LogP contribution in [0.2, 0.25) is 0 Å². The summed E-state index contributed by atoms with van der Waals surface area (Å²) in [6.45, 7) is 3.54. The fraction of sp³-hybridized carbons (Fsp3) is 0.217. The molecule has 0 saturated carbocycles. The third-order valence-electron chi connectivity index (χ3n) is 5.18. The lowest BCUT2D eigenvalue weighted by Crippen LogP contribution is -2.23. The fourth-order valence-corrected chi connectivity index (χ4v) is 3.63. The van der Waals surface area contributed by atoms with E-state index in [1.165, 1.54) is 12.1 Å². The van der Waals surface area contributed by atoms with Gasteiger partial charge < -0.3 is 15.0 Å². The van der Waals surface area contributed by atoms with Crippen molar-refractivity contribution in [1.29, 1.82) is 0 Å². The van der Waals surface area contributed by atoms with Gasteiger partial charge in [0.15, 0.2) is 0 Å². The molecule has 158 valence electrons. The number of benzene rings is 2. The molecule has 1 fully saturated rings. The Morgan fingerprint density at radius 1 is 1.16 bits per heavy atom. The summed E-state index contributed by atoms with van der Waals surface area (Å²) in [5.41, 5.74) is 2.32. The second kappa shape index (κ2) is 8.83. The lowest BCUT2D eigenvalue weighted by Gasteiger charge is -2.21. The number of hydrogen-bond donors (Lipinski definition) is 1. The molecule has 0 radical (unpaired) electrons. The highest BCUT2D eigenvalue weighted by atomic mass is 16.6. The van der Waals surface area contributed by atoms with E-state index in [2.05, 4.69) is 15.2 Å². The van der Waals surface area contributed by atoms with Crippen molar-refractivity contribution in [2.45, 2.75) is 19.8 Å². The van der Waals surface area contributed by atoms with Crippen LogP contribution in [0.15, 0.2) is 60.9 Å². The first-order valence-electron chi connectivity index (χ1n) is 10.0. The number of nitro benzene ring substituents is 1. The molecule has 2 aromatic carbocycles.